The van der Waals surface area contributed by atoms with Crippen LogP contribution in [0.3, 0.4) is 0 Å². The molecule has 0 aromatic carbocycles. The molecule has 6 heterocycles. The number of nitrogens with zero attached hydrogens (tertiary/aromatic N) is 4. The van der Waals surface area contributed by atoms with Crippen LogP contribution in [-0.4, -0.2) is 30.1 Å². The summed E-state index contributed by atoms with van der Waals surface area (Å²) in [7, 11) is 0. The van der Waals surface area contributed by atoms with Crippen LogP contribution in [0, 0.1) is 12.3 Å². The van der Waals surface area contributed by atoms with Crippen LogP contribution in [0.2, 0.25) is 0 Å². The molecule has 0 saturated heterocycles. The zero-order chi connectivity index (χ0) is 25.7. The summed E-state index contributed by atoms with van der Waals surface area (Å²) >= 11 is 1.77. The number of aromatic nitrogens is 6. The fourth-order valence-electron chi connectivity index (χ4n) is 4.24. The number of fused-ring (bicyclic) bond motifs is 2. The monoisotopic (exact) mass is 505 g/mol. The van der Waals surface area contributed by atoms with Crippen LogP contribution in [0.1, 0.15) is 25.6 Å². The Labute approximate surface area is 218 Å². The van der Waals surface area contributed by atoms with E-state index in [0.717, 1.165) is 61.4 Å². The first-order valence-electron chi connectivity index (χ1n) is 12.1. The Morgan fingerprint density at radius 3 is 2.57 bits per heavy atom. The SMILES string of the molecule is C=C(Nc1cncc(-c2cc3c(-c4cc5c(-c6ccc(C)s6)cncc5[nH]4)n[nH]c3cn2)c1)C(C)(C)C. The van der Waals surface area contributed by atoms with Crippen LogP contribution in [0.4, 0.5) is 5.69 Å². The fourth-order valence-corrected chi connectivity index (χ4v) is 5.14. The zero-order valence-corrected chi connectivity index (χ0v) is 22.0. The van der Waals surface area contributed by atoms with Gasteiger partial charge in [0.25, 0.3) is 0 Å². The van der Waals surface area contributed by atoms with E-state index in [2.05, 4.69) is 94.0 Å². The van der Waals surface area contributed by atoms with Gasteiger partial charge in [-0.3, -0.25) is 20.1 Å². The maximum absolute atomic E-state index is 4.67. The van der Waals surface area contributed by atoms with E-state index < -0.39 is 0 Å². The van der Waals surface area contributed by atoms with Gasteiger partial charge in [-0.1, -0.05) is 27.4 Å². The minimum absolute atomic E-state index is 0.0594. The molecule has 0 spiro atoms. The summed E-state index contributed by atoms with van der Waals surface area (Å²) in [6, 6.07) is 10.5. The number of H-pyrrole nitrogens is 2. The summed E-state index contributed by atoms with van der Waals surface area (Å²) in [4.78, 5) is 19.6. The van der Waals surface area contributed by atoms with Crippen molar-refractivity contribution < 1.29 is 0 Å². The van der Waals surface area contributed by atoms with E-state index in [4.69, 9.17) is 0 Å². The zero-order valence-electron chi connectivity index (χ0n) is 21.2. The molecular formula is C29H27N7S. The Hall–Kier alpha value is -4.30. The van der Waals surface area contributed by atoms with Crippen molar-refractivity contribution in [1.82, 2.24) is 30.1 Å². The summed E-state index contributed by atoms with van der Waals surface area (Å²) < 4.78 is 0. The van der Waals surface area contributed by atoms with Gasteiger partial charge in [-0.25, -0.2) is 0 Å². The predicted molar refractivity (Wildman–Crippen MR) is 152 cm³/mol. The maximum Gasteiger partial charge on any atom is 0.116 e. The number of rotatable bonds is 5. The Morgan fingerprint density at radius 2 is 1.78 bits per heavy atom. The van der Waals surface area contributed by atoms with Crippen molar-refractivity contribution in [3.63, 3.8) is 0 Å². The molecule has 6 aromatic heterocycles. The number of anilines is 1. The van der Waals surface area contributed by atoms with Gasteiger partial charge in [-0.15, -0.1) is 11.3 Å². The van der Waals surface area contributed by atoms with Crippen LogP contribution in [-0.2, 0) is 0 Å². The molecule has 0 unspecified atom stereocenters. The molecule has 0 bridgehead atoms. The Morgan fingerprint density at radius 1 is 0.946 bits per heavy atom. The lowest BCUT2D eigenvalue weighted by atomic mass is 9.93. The lowest BCUT2D eigenvalue weighted by molar-refractivity contribution is 0.509. The lowest BCUT2D eigenvalue weighted by Gasteiger charge is -2.23. The summed E-state index contributed by atoms with van der Waals surface area (Å²) in [5.41, 5.74) is 8.21. The quantitative estimate of drug-likeness (QED) is 0.225. The minimum Gasteiger partial charge on any atom is -0.358 e. The van der Waals surface area contributed by atoms with E-state index >= 15 is 0 Å². The average Bonchev–Trinajstić information content (AvgIpc) is 3.60. The summed E-state index contributed by atoms with van der Waals surface area (Å²) in [6.45, 7) is 12.7. The van der Waals surface area contributed by atoms with Gasteiger partial charge in [0.2, 0.25) is 0 Å². The van der Waals surface area contributed by atoms with Crippen molar-refractivity contribution in [3.05, 3.63) is 78.5 Å². The predicted octanol–water partition coefficient (Wildman–Crippen LogP) is 7.57. The molecule has 8 heteroatoms. The van der Waals surface area contributed by atoms with Crippen LogP contribution >= 0.6 is 11.3 Å². The molecule has 0 atom stereocenters. The molecule has 184 valence electrons. The van der Waals surface area contributed by atoms with Gasteiger partial charge in [0.15, 0.2) is 0 Å². The van der Waals surface area contributed by atoms with Gasteiger partial charge in [-0.05, 0) is 37.3 Å². The van der Waals surface area contributed by atoms with Crippen molar-refractivity contribution in [2.75, 3.05) is 5.32 Å². The van der Waals surface area contributed by atoms with Gasteiger partial charge in [0.05, 0.1) is 46.7 Å². The fraction of sp³-hybridized carbons (Fsp3) is 0.172. The van der Waals surface area contributed by atoms with Crippen LogP contribution in [0.5, 0.6) is 0 Å². The molecule has 6 aromatic rings. The number of allylic oxidation sites excluding steroid dienone is 1. The third kappa shape index (κ3) is 4.29. The highest BCUT2D eigenvalue weighted by Crippen LogP contribution is 2.36. The highest BCUT2D eigenvalue weighted by atomic mass is 32.1. The largest absolute Gasteiger partial charge is 0.358 e. The van der Waals surface area contributed by atoms with Gasteiger partial charge in [0.1, 0.15) is 5.69 Å². The number of pyridine rings is 3. The van der Waals surface area contributed by atoms with E-state index in [1.165, 1.54) is 9.75 Å². The Kier molecular flexibility index (Phi) is 5.42. The molecule has 0 radical (unpaired) electrons. The van der Waals surface area contributed by atoms with Crippen molar-refractivity contribution in [2.24, 2.45) is 5.41 Å². The second-order valence-corrected chi connectivity index (χ2v) is 11.5. The molecule has 0 fully saturated rings. The third-order valence-corrected chi connectivity index (χ3v) is 7.52. The van der Waals surface area contributed by atoms with Crippen LogP contribution in [0.15, 0.2) is 73.6 Å². The summed E-state index contributed by atoms with van der Waals surface area (Å²) in [6.07, 6.45) is 9.23. The van der Waals surface area contributed by atoms with Gasteiger partial charge < -0.3 is 10.3 Å². The summed E-state index contributed by atoms with van der Waals surface area (Å²) in [5.74, 6) is 0. The average molecular weight is 506 g/mol. The van der Waals surface area contributed by atoms with Crippen LogP contribution < -0.4 is 5.32 Å². The van der Waals surface area contributed by atoms with E-state index in [-0.39, 0.29) is 5.41 Å². The molecule has 0 aliphatic heterocycles. The number of thiophene rings is 1. The van der Waals surface area contributed by atoms with Gasteiger partial charge in [0, 0.05) is 55.2 Å². The third-order valence-electron chi connectivity index (χ3n) is 6.49. The minimum atomic E-state index is -0.0594. The number of hydrogen-bond acceptors (Lipinski definition) is 6. The molecule has 0 aliphatic rings. The number of aryl methyl sites for hydroxylation is 1. The molecular weight excluding hydrogens is 478 g/mol. The highest BCUT2D eigenvalue weighted by Gasteiger charge is 2.17. The maximum atomic E-state index is 4.67. The van der Waals surface area contributed by atoms with E-state index in [1.54, 1.807) is 17.5 Å². The number of hydrogen-bond donors (Lipinski definition) is 3. The lowest BCUT2D eigenvalue weighted by Crippen LogP contribution is -2.15. The standard InChI is InChI=1S/C29H27N7S/c1-16-6-7-27(37-16)22-13-31-14-25-20(22)9-24(34-25)28-21-10-23(32-15-26(21)35-36-28)18-8-19(12-30-11-18)33-17(2)29(3,4)5/h6-15,33-34H,2H2,1,3-5H3,(H,35,36). The second kappa shape index (κ2) is 8.67. The topological polar surface area (TPSA) is 95.2 Å². The van der Waals surface area contributed by atoms with Crippen molar-refractivity contribution >= 4 is 38.8 Å². The summed E-state index contributed by atoms with van der Waals surface area (Å²) in [5, 5.41) is 13.2. The van der Waals surface area contributed by atoms with E-state index in [1.807, 2.05) is 30.9 Å². The first-order chi connectivity index (χ1) is 17.8. The van der Waals surface area contributed by atoms with Gasteiger partial charge >= 0.3 is 0 Å². The molecule has 0 aliphatic carbocycles. The first kappa shape index (κ1) is 23.1. The Bertz CT molecular complexity index is 1780. The molecule has 3 N–H and O–H groups in total. The smallest absolute Gasteiger partial charge is 0.116 e. The van der Waals surface area contributed by atoms with E-state index in [0.29, 0.717) is 0 Å². The normalized spacial score (nSPS) is 11.9. The highest BCUT2D eigenvalue weighted by molar-refractivity contribution is 7.15. The molecule has 0 amide bonds. The van der Waals surface area contributed by atoms with Crippen LogP contribution in [0.25, 0.3) is 54.9 Å². The first-order valence-corrected chi connectivity index (χ1v) is 12.9. The molecule has 0 saturated carbocycles. The Balaban J connectivity index is 1.40. The number of aromatic amines is 2. The van der Waals surface area contributed by atoms with E-state index in [9.17, 15) is 0 Å². The molecule has 7 nitrogen and oxygen atoms in total. The number of nitrogens with one attached hydrogen (secondary N) is 3. The molecule has 6 rings (SSSR count). The van der Waals surface area contributed by atoms with Crippen molar-refractivity contribution in [1.29, 1.82) is 0 Å². The van der Waals surface area contributed by atoms with Crippen molar-refractivity contribution in [2.45, 2.75) is 27.7 Å². The second-order valence-electron chi connectivity index (χ2n) is 10.2. The van der Waals surface area contributed by atoms with Crippen molar-refractivity contribution in [3.8, 4) is 33.1 Å². The van der Waals surface area contributed by atoms with Gasteiger partial charge in [-0.2, -0.15) is 5.10 Å². The molecule has 37 heavy (non-hydrogen) atoms.